The van der Waals surface area contributed by atoms with E-state index in [4.69, 9.17) is 5.73 Å². The number of carbonyl (C=O) groups excluding carboxylic acids is 1. The molecule has 3 heteroatoms. The van der Waals surface area contributed by atoms with Crippen LogP contribution < -0.4 is 11.1 Å². The lowest BCUT2D eigenvalue weighted by Gasteiger charge is -2.09. The molecule has 0 aliphatic carbocycles. The Morgan fingerprint density at radius 2 is 2.00 bits per heavy atom. The average Bonchev–Trinajstić information content (AvgIpc) is 2.26. The lowest BCUT2D eigenvalue weighted by atomic mass is 10.0. The average molecular weight is 219 g/mol. The Bertz CT molecular complexity index is 336. The maximum absolute atomic E-state index is 10.8. The molecule has 0 unspecified atom stereocenters. The van der Waals surface area contributed by atoms with E-state index >= 15 is 0 Å². The minimum atomic E-state index is -0.509. The van der Waals surface area contributed by atoms with Crippen molar-refractivity contribution in [1.82, 2.24) is 0 Å². The number of primary amides is 1. The molecule has 1 aromatic rings. The highest BCUT2D eigenvalue weighted by Crippen LogP contribution is 2.17. The van der Waals surface area contributed by atoms with Crippen molar-refractivity contribution in [1.29, 1.82) is 0 Å². The Morgan fingerprint density at radius 3 is 2.69 bits per heavy atom. The van der Waals surface area contributed by atoms with Gasteiger partial charge in [0.05, 0.1) is 0 Å². The smallest absolute Gasteiger partial charge is 0.316 e. The molecule has 0 saturated heterocycles. The second kappa shape index (κ2) is 6.88. The fraction of sp³-hybridized carbons (Fsp3) is 0.385. The molecule has 0 heterocycles. The molecule has 0 saturated carbocycles. The topological polar surface area (TPSA) is 55.1 Å². The van der Waals surface area contributed by atoms with Gasteiger partial charge in [-0.2, -0.15) is 0 Å². The first-order valence-electron chi connectivity index (χ1n) is 5.67. The summed E-state index contributed by atoms with van der Waals surface area (Å²) in [6.07, 6.45) is 5.41. The summed E-state index contributed by atoms with van der Waals surface area (Å²) in [6, 6.07) is 7.26. The lowest BCUT2D eigenvalue weighted by Crippen LogP contribution is -2.20. The van der Waals surface area contributed by atoms with E-state index in [-0.39, 0.29) is 0 Å². The van der Waals surface area contributed by atoms with E-state index in [1.165, 1.54) is 6.42 Å². The molecule has 3 N–H and O–H groups in total. The molecule has 0 spiro atoms. The third-order valence-corrected chi connectivity index (χ3v) is 2.47. The number of benzene rings is 1. The number of hydrogen-bond donors (Lipinski definition) is 2. The van der Waals surface area contributed by atoms with Gasteiger partial charge in [-0.15, -0.1) is 0 Å². The molecule has 1 rings (SSSR count). The summed E-state index contributed by atoms with van der Waals surface area (Å²) in [4.78, 5) is 10.8. The van der Waals surface area contributed by atoms with Gasteiger partial charge in [0.1, 0.15) is 0 Å². The lowest BCUT2D eigenvalue weighted by molar-refractivity contribution is 0.259. The van der Waals surface area contributed by atoms with Crippen LogP contribution in [0.4, 0.5) is 10.5 Å². The number of aryl methyl sites for hydroxylation is 1. The first-order valence-corrected chi connectivity index (χ1v) is 5.67. The van der Waals surface area contributed by atoms with Crippen molar-refractivity contribution in [2.24, 2.45) is 5.73 Å². The number of unbranched alkanes of at least 4 members (excludes halogenated alkanes) is 3. The second-order valence-electron chi connectivity index (χ2n) is 3.81. The monoisotopic (exact) mass is 219 g/mol. The van der Waals surface area contributed by atoms with Gasteiger partial charge in [0.25, 0.3) is 0 Å². The Kier molecular flexibility index (Phi) is 5.40. The van der Waals surface area contributed by atoms with Gasteiger partial charge in [0.15, 0.2) is 0 Å². The van der Waals surface area contributed by atoms with Crippen molar-refractivity contribution in [2.75, 3.05) is 5.32 Å². The standard InChI is InChI=1S/C13H19N2O/c1-2-3-4-5-8-11-9-6-7-10-12(11)15-13(14)16/h6-7,9-10H,1-5,8H2,(H3,14,15,16). The van der Waals surface area contributed by atoms with Gasteiger partial charge in [-0.05, 0) is 24.5 Å². The number of carbonyl (C=O) groups is 1. The molecule has 0 aliphatic heterocycles. The number of rotatable bonds is 6. The third kappa shape index (κ3) is 4.34. The third-order valence-electron chi connectivity index (χ3n) is 2.47. The number of nitrogens with one attached hydrogen (secondary N) is 1. The fourth-order valence-corrected chi connectivity index (χ4v) is 1.66. The normalized spacial score (nSPS) is 10.1. The number of urea groups is 1. The van der Waals surface area contributed by atoms with Gasteiger partial charge in [-0.25, -0.2) is 4.79 Å². The second-order valence-corrected chi connectivity index (χ2v) is 3.81. The van der Waals surface area contributed by atoms with E-state index < -0.39 is 6.03 Å². The summed E-state index contributed by atoms with van der Waals surface area (Å²) in [6.45, 7) is 3.81. The molecular formula is C13H19N2O. The predicted octanol–water partition coefficient (Wildman–Crippen LogP) is 3.11. The van der Waals surface area contributed by atoms with E-state index in [2.05, 4.69) is 12.2 Å². The summed E-state index contributed by atoms with van der Waals surface area (Å²) in [5.41, 5.74) is 7.08. The van der Waals surface area contributed by atoms with Crippen molar-refractivity contribution < 1.29 is 4.79 Å². The molecule has 0 aliphatic rings. The molecule has 1 aromatic carbocycles. The summed E-state index contributed by atoms with van der Waals surface area (Å²) < 4.78 is 0. The zero-order valence-corrected chi connectivity index (χ0v) is 9.54. The van der Waals surface area contributed by atoms with Gasteiger partial charge in [0, 0.05) is 5.69 Å². The van der Waals surface area contributed by atoms with Crippen LogP contribution in [0.15, 0.2) is 24.3 Å². The molecule has 16 heavy (non-hydrogen) atoms. The summed E-state index contributed by atoms with van der Waals surface area (Å²) in [7, 11) is 0. The van der Waals surface area contributed by atoms with Crippen LogP contribution in [0.5, 0.6) is 0 Å². The highest BCUT2D eigenvalue weighted by molar-refractivity contribution is 5.88. The van der Waals surface area contributed by atoms with Crippen molar-refractivity contribution in [3.8, 4) is 0 Å². The first-order chi connectivity index (χ1) is 7.74. The van der Waals surface area contributed by atoms with Crippen LogP contribution in [0.3, 0.4) is 0 Å². The molecule has 0 atom stereocenters. The summed E-state index contributed by atoms with van der Waals surface area (Å²) in [5.74, 6) is 0. The highest BCUT2D eigenvalue weighted by Gasteiger charge is 2.02. The van der Waals surface area contributed by atoms with Crippen molar-refractivity contribution in [2.45, 2.75) is 32.1 Å². The van der Waals surface area contributed by atoms with Gasteiger partial charge in [0.2, 0.25) is 0 Å². The van der Waals surface area contributed by atoms with Crippen molar-refractivity contribution in [3.63, 3.8) is 0 Å². The van der Waals surface area contributed by atoms with E-state index in [0.717, 1.165) is 36.9 Å². The van der Waals surface area contributed by atoms with Crippen LogP contribution in [0.2, 0.25) is 0 Å². The van der Waals surface area contributed by atoms with Crippen LogP contribution in [-0.4, -0.2) is 6.03 Å². The van der Waals surface area contributed by atoms with Crippen LogP contribution in [0.1, 0.15) is 31.2 Å². The Hall–Kier alpha value is -1.51. The molecule has 3 nitrogen and oxygen atoms in total. The van der Waals surface area contributed by atoms with Crippen LogP contribution in [0, 0.1) is 6.92 Å². The number of anilines is 1. The molecule has 0 fully saturated rings. The molecule has 1 radical (unpaired) electrons. The van der Waals surface area contributed by atoms with Crippen LogP contribution in [0.25, 0.3) is 0 Å². The molecule has 2 amide bonds. The quantitative estimate of drug-likeness (QED) is 0.710. The van der Waals surface area contributed by atoms with Crippen LogP contribution >= 0.6 is 0 Å². The van der Waals surface area contributed by atoms with E-state index in [1.807, 2.05) is 24.3 Å². The maximum Gasteiger partial charge on any atom is 0.316 e. The highest BCUT2D eigenvalue weighted by atomic mass is 16.2. The van der Waals surface area contributed by atoms with Gasteiger partial charge in [-0.1, -0.05) is 44.4 Å². The van der Waals surface area contributed by atoms with Crippen molar-refractivity contribution in [3.05, 3.63) is 36.8 Å². The van der Waals surface area contributed by atoms with E-state index in [0.29, 0.717) is 0 Å². The van der Waals surface area contributed by atoms with E-state index in [9.17, 15) is 4.79 Å². The number of para-hydroxylation sites is 1. The maximum atomic E-state index is 10.8. The number of amides is 2. The summed E-state index contributed by atoms with van der Waals surface area (Å²) in [5, 5.41) is 2.64. The van der Waals surface area contributed by atoms with Gasteiger partial charge >= 0.3 is 6.03 Å². The number of nitrogens with two attached hydrogens (primary N) is 1. The predicted molar refractivity (Wildman–Crippen MR) is 67.2 cm³/mol. The fourth-order valence-electron chi connectivity index (χ4n) is 1.66. The molecular weight excluding hydrogens is 200 g/mol. The van der Waals surface area contributed by atoms with Gasteiger partial charge in [-0.3, -0.25) is 0 Å². The van der Waals surface area contributed by atoms with Crippen molar-refractivity contribution >= 4 is 11.7 Å². The van der Waals surface area contributed by atoms with Crippen LogP contribution in [-0.2, 0) is 6.42 Å². The zero-order chi connectivity index (χ0) is 11.8. The Balaban J connectivity index is 2.53. The molecule has 87 valence electrons. The Morgan fingerprint density at radius 1 is 1.25 bits per heavy atom. The Labute approximate surface area is 97.0 Å². The summed E-state index contributed by atoms with van der Waals surface area (Å²) >= 11 is 0. The number of hydrogen-bond acceptors (Lipinski definition) is 1. The minimum absolute atomic E-state index is 0.509. The largest absolute Gasteiger partial charge is 0.351 e. The molecule has 0 aromatic heterocycles. The van der Waals surface area contributed by atoms with E-state index in [1.54, 1.807) is 0 Å². The SMILES string of the molecule is [CH2]CCCCCc1ccccc1NC(N)=O. The molecule has 0 bridgehead atoms. The zero-order valence-electron chi connectivity index (χ0n) is 9.54. The minimum Gasteiger partial charge on any atom is -0.351 e. The first kappa shape index (κ1) is 12.6. The van der Waals surface area contributed by atoms with Gasteiger partial charge < -0.3 is 11.1 Å².